The first-order chi connectivity index (χ1) is 11.2. The number of ketones is 1. The standard InChI is InChI=1S/C22H16O/c1-15-10-12-16(13-11-15)22(23)21-19-8-4-2-6-17(19)14-18-7-3-5-9-20(18)21/h2-14H,1H3. The predicted molar refractivity (Wildman–Crippen MR) is 96.1 cm³/mol. The largest absolute Gasteiger partial charge is 0.289 e. The van der Waals surface area contributed by atoms with Crippen LogP contribution in [0.15, 0.2) is 78.9 Å². The van der Waals surface area contributed by atoms with Gasteiger partial charge >= 0.3 is 0 Å². The molecular weight excluding hydrogens is 280 g/mol. The van der Waals surface area contributed by atoms with Crippen molar-refractivity contribution in [1.82, 2.24) is 0 Å². The zero-order valence-corrected chi connectivity index (χ0v) is 12.9. The van der Waals surface area contributed by atoms with Crippen LogP contribution in [0.4, 0.5) is 0 Å². The molecule has 4 aromatic carbocycles. The highest BCUT2D eigenvalue weighted by atomic mass is 16.1. The molecule has 0 bridgehead atoms. The van der Waals surface area contributed by atoms with Gasteiger partial charge in [0, 0.05) is 11.1 Å². The van der Waals surface area contributed by atoms with Gasteiger partial charge in [-0.05, 0) is 34.5 Å². The fourth-order valence-corrected chi connectivity index (χ4v) is 3.11. The molecular formula is C22H16O. The molecule has 23 heavy (non-hydrogen) atoms. The molecule has 1 heteroatoms. The Kier molecular flexibility index (Phi) is 3.20. The summed E-state index contributed by atoms with van der Waals surface area (Å²) in [5, 5.41) is 4.22. The quantitative estimate of drug-likeness (QED) is 0.351. The van der Waals surface area contributed by atoms with Crippen molar-refractivity contribution in [2.75, 3.05) is 0 Å². The van der Waals surface area contributed by atoms with Crippen molar-refractivity contribution >= 4 is 27.3 Å². The second-order valence-corrected chi connectivity index (χ2v) is 5.89. The zero-order chi connectivity index (χ0) is 15.8. The number of carbonyl (C=O) groups excluding carboxylic acids is 1. The molecule has 0 aliphatic rings. The molecule has 0 N–H and O–H groups in total. The van der Waals surface area contributed by atoms with Crippen LogP contribution in [-0.4, -0.2) is 5.78 Å². The Morgan fingerprint density at radius 2 is 1.22 bits per heavy atom. The lowest BCUT2D eigenvalue weighted by Crippen LogP contribution is -2.03. The maximum Gasteiger partial charge on any atom is 0.194 e. The maximum absolute atomic E-state index is 13.2. The van der Waals surface area contributed by atoms with E-state index in [4.69, 9.17) is 0 Å². The summed E-state index contributed by atoms with van der Waals surface area (Å²) in [6.07, 6.45) is 0. The molecule has 0 heterocycles. The molecule has 0 fully saturated rings. The Morgan fingerprint density at radius 1 is 0.696 bits per heavy atom. The van der Waals surface area contributed by atoms with Crippen LogP contribution in [0.1, 0.15) is 21.5 Å². The van der Waals surface area contributed by atoms with Gasteiger partial charge in [0.25, 0.3) is 0 Å². The Bertz CT molecular complexity index is 973. The number of carbonyl (C=O) groups is 1. The number of benzene rings is 4. The van der Waals surface area contributed by atoms with E-state index in [9.17, 15) is 4.79 Å². The maximum atomic E-state index is 13.2. The first kappa shape index (κ1) is 13.7. The first-order valence-corrected chi connectivity index (χ1v) is 7.76. The normalized spacial score (nSPS) is 11.0. The third-order valence-corrected chi connectivity index (χ3v) is 4.31. The molecule has 0 aliphatic carbocycles. The molecule has 4 rings (SSSR count). The van der Waals surface area contributed by atoms with Crippen molar-refractivity contribution in [2.45, 2.75) is 6.92 Å². The molecule has 110 valence electrons. The van der Waals surface area contributed by atoms with Crippen molar-refractivity contribution in [2.24, 2.45) is 0 Å². The summed E-state index contributed by atoms with van der Waals surface area (Å²) in [6.45, 7) is 2.03. The number of fused-ring (bicyclic) bond motifs is 2. The van der Waals surface area contributed by atoms with E-state index >= 15 is 0 Å². The molecule has 0 spiro atoms. The predicted octanol–water partition coefficient (Wildman–Crippen LogP) is 5.53. The van der Waals surface area contributed by atoms with E-state index in [1.54, 1.807) is 0 Å². The van der Waals surface area contributed by atoms with Gasteiger partial charge in [0.1, 0.15) is 0 Å². The summed E-state index contributed by atoms with van der Waals surface area (Å²) < 4.78 is 0. The van der Waals surface area contributed by atoms with E-state index in [0.29, 0.717) is 0 Å². The van der Waals surface area contributed by atoms with Gasteiger partial charge in [0.15, 0.2) is 5.78 Å². The summed E-state index contributed by atoms with van der Waals surface area (Å²) in [6, 6.07) is 26.1. The van der Waals surface area contributed by atoms with Crippen LogP contribution in [0.5, 0.6) is 0 Å². The van der Waals surface area contributed by atoms with Crippen molar-refractivity contribution in [1.29, 1.82) is 0 Å². The highest BCUT2D eigenvalue weighted by Crippen LogP contribution is 2.30. The van der Waals surface area contributed by atoms with Crippen molar-refractivity contribution < 1.29 is 4.79 Å². The highest BCUT2D eigenvalue weighted by molar-refractivity contribution is 6.24. The van der Waals surface area contributed by atoms with E-state index in [1.165, 1.54) is 0 Å². The number of hydrogen-bond donors (Lipinski definition) is 0. The van der Waals surface area contributed by atoms with Gasteiger partial charge in [0.05, 0.1) is 0 Å². The van der Waals surface area contributed by atoms with Gasteiger partial charge < -0.3 is 0 Å². The molecule has 0 aliphatic heterocycles. The van der Waals surface area contributed by atoms with E-state index in [2.05, 4.69) is 18.2 Å². The summed E-state index contributed by atoms with van der Waals surface area (Å²) in [7, 11) is 0. The van der Waals surface area contributed by atoms with Crippen molar-refractivity contribution in [3.63, 3.8) is 0 Å². The van der Waals surface area contributed by atoms with Crippen LogP contribution in [0.25, 0.3) is 21.5 Å². The lowest BCUT2D eigenvalue weighted by molar-refractivity contribution is 0.104. The second-order valence-electron chi connectivity index (χ2n) is 5.89. The molecule has 0 atom stereocenters. The molecule has 0 radical (unpaired) electrons. The van der Waals surface area contributed by atoms with Gasteiger partial charge in [-0.1, -0.05) is 78.4 Å². The first-order valence-electron chi connectivity index (χ1n) is 7.76. The molecule has 0 aromatic heterocycles. The monoisotopic (exact) mass is 296 g/mol. The Morgan fingerprint density at radius 3 is 1.78 bits per heavy atom. The average Bonchev–Trinajstić information content (AvgIpc) is 2.59. The van der Waals surface area contributed by atoms with Crippen LogP contribution in [0.2, 0.25) is 0 Å². The minimum atomic E-state index is 0.0815. The van der Waals surface area contributed by atoms with E-state index in [0.717, 1.165) is 38.2 Å². The SMILES string of the molecule is Cc1ccc(C(=O)c2c3ccccc3cc3ccccc23)cc1. The van der Waals surface area contributed by atoms with E-state index in [1.807, 2.05) is 67.6 Å². The van der Waals surface area contributed by atoms with Crippen LogP contribution in [0, 0.1) is 6.92 Å². The van der Waals surface area contributed by atoms with E-state index < -0.39 is 0 Å². The Labute approximate surface area is 135 Å². The van der Waals surface area contributed by atoms with Gasteiger partial charge in [-0.25, -0.2) is 0 Å². The summed E-state index contributed by atoms with van der Waals surface area (Å²) >= 11 is 0. The fourth-order valence-electron chi connectivity index (χ4n) is 3.11. The molecule has 0 amide bonds. The number of hydrogen-bond acceptors (Lipinski definition) is 1. The van der Waals surface area contributed by atoms with Crippen LogP contribution >= 0.6 is 0 Å². The Balaban J connectivity index is 2.06. The van der Waals surface area contributed by atoms with E-state index in [-0.39, 0.29) is 5.78 Å². The number of rotatable bonds is 2. The van der Waals surface area contributed by atoms with Gasteiger partial charge in [-0.3, -0.25) is 4.79 Å². The minimum Gasteiger partial charge on any atom is -0.289 e. The second kappa shape index (κ2) is 5.36. The molecule has 0 unspecified atom stereocenters. The third-order valence-electron chi connectivity index (χ3n) is 4.31. The molecule has 4 aromatic rings. The highest BCUT2D eigenvalue weighted by Gasteiger charge is 2.16. The summed E-state index contributed by atoms with van der Waals surface area (Å²) in [4.78, 5) is 13.2. The average molecular weight is 296 g/mol. The molecule has 0 saturated carbocycles. The minimum absolute atomic E-state index is 0.0815. The third kappa shape index (κ3) is 2.31. The Hall–Kier alpha value is -2.93. The molecule has 1 nitrogen and oxygen atoms in total. The van der Waals surface area contributed by atoms with Gasteiger partial charge in [-0.2, -0.15) is 0 Å². The van der Waals surface area contributed by atoms with Crippen molar-refractivity contribution in [3.8, 4) is 0 Å². The summed E-state index contributed by atoms with van der Waals surface area (Å²) in [5.74, 6) is 0.0815. The van der Waals surface area contributed by atoms with Gasteiger partial charge in [-0.15, -0.1) is 0 Å². The smallest absolute Gasteiger partial charge is 0.194 e. The topological polar surface area (TPSA) is 17.1 Å². The van der Waals surface area contributed by atoms with Gasteiger partial charge in [0.2, 0.25) is 0 Å². The lowest BCUT2D eigenvalue weighted by atomic mass is 9.91. The number of aryl methyl sites for hydroxylation is 1. The fraction of sp³-hybridized carbons (Fsp3) is 0.0455. The van der Waals surface area contributed by atoms with Crippen LogP contribution < -0.4 is 0 Å². The van der Waals surface area contributed by atoms with Crippen LogP contribution in [0.3, 0.4) is 0 Å². The zero-order valence-electron chi connectivity index (χ0n) is 12.9. The lowest BCUT2D eigenvalue weighted by Gasteiger charge is -2.11. The summed E-state index contributed by atoms with van der Waals surface area (Å²) in [5.41, 5.74) is 2.68. The van der Waals surface area contributed by atoms with Crippen LogP contribution in [-0.2, 0) is 0 Å². The molecule has 0 saturated heterocycles. The van der Waals surface area contributed by atoms with Crippen molar-refractivity contribution in [3.05, 3.63) is 95.6 Å².